The predicted octanol–water partition coefficient (Wildman–Crippen LogP) is 3.32. The average Bonchev–Trinajstić information content (AvgIpc) is 2.82. The highest BCUT2D eigenvalue weighted by Gasteiger charge is 2.50. The Labute approximate surface area is 203 Å². The maximum atomic E-state index is 13.5. The third kappa shape index (κ3) is 5.01. The van der Waals surface area contributed by atoms with Gasteiger partial charge >= 0.3 is 0 Å². The van der Waals surface area contributed by atoms with Gasteiger partial charge in [0.2, 0.25) is 10.0 Å². The molecular weight excluding hydrogens is 448 g/mol. The van der Waals surface area contributed by atoms with Crippen molar-refractivity contribution in [2.75, 3.05) is 33.4 Å². The first kappa shape index (κ1) is 24.7. The maximum Gasteiger partial charge on any atom is 0.243 e. The Morgan fingerprint density at radius 1 is 1.06 bits per heavy atom. The first-order valence-corrected chi connectivity index (χ1v) is 13.4. The summed E-state index contributed by atoms with van der Waals surface area (Å²) in [4.78, 5) is 2.57. The third-order valence-electron chi connectivity index (χ3n) is 6.83. The van der Waals surface area contributed by atoms with Gasteiger partial charge in [0.15, 0.2) is 0 Å². The number of nitrogens with zero attached hydrogens (tertiary/aromatic N) is 2. The van der Waals surface area contributed by atoms with Gasteiger partial charge in [0, 0.05) is 42.6 Å². The van der Waals surface area contributed by atoms with Gasteiger partial charge in [-0.15, -0.1) is 0 Å². The SMILES string of the molecule is COc1ccc(S(=O)(=O)N2CCCCN3[C@H](C2)[C@@H](c2ccc(C#CC(C)C)cc2)[C@@H]3CO)cc1. The van der Waals surface area contributed by atoms with Crippen LogP contribution in [0.2, 0.25) is 0 Å². The molecule has 2 aromatic rings. The fraction of sp³-hybridized carbons (Fsp3) is 0.481. The van der Waals surface area contributed by atoms with Gasteiger partial charge in [-0.25, -0.2) is 8.42 Å². The second-order valence-corrected chi connectivity index (χ2v) is 11.3. The molecule has 182 valence electrons. The molecule has 0 amide bonds. The molecule has 0 radical (unpaired) electrons. The summed E-state index contributed by atoms with van der Waals surface area (Å²) in [6.45, 7) is 5.97. The largest absolute Gasteiger partial charge is 0.497 e. The van der Waals surface area contributed by atoms with Crippen LogP contribution in [0.1, 0.15) is 43.7 Å². The molecule has 3 atom stereocenters. The summed E-state index contributed by atoms with van der Waals surface area (Å²) >= 11 is 0. The predicted molar refractivity (Wildman–Crippen MR) is 133 cm³/mol. The van der Waals surface area contributed by atoms with Crippen LogP contribution >= 0.6 is 0 Å². The minimum absolute atomic E-state index is 0.00115. The van der Waals surface area contributed by atoms with E-state index in [2.05, 4.69) is 42.7 Å². The normalized spacial score (nSPS) is 23.7. The van der Waals surface area contributed by atoms with E-state index >= 15 is 0 Å². The fourth-order valence-electron chi connectivity index (χ4n) is 5.04. The number of hydrogen-bond donors (Lipinski definition) is 1. The molecule has 0 unspecified atom stereocenters. The van der Waals surface area contributed by atoms with Crippen LogP contribution in [0.25, 0.3) is 0 Å². The highest BCUT2D eigenvalue weighted by Crippen LogP contribution is 2.42. The molecule has 7 heteroatoms. The molecule has 34 heavy (non-hydrogen) atoms. The van der Waals surface area contributed by atoms with Crippen LogP contribution in [0.4, 0.5) is 0 Å². The zero-order valence-corrected chi connectivity index (χ0v) is 21.0. The number of ether oxygens (including phenoxy) is 1. The summed E-state index contributed by atoms with van der Waals surface area (Å²) in [6.07, 6.45) is 1.70. The van der Waals surface area contributed by atoms with E-state index in [1.807, 2.05) is 12.1 Å². The molecule has 2 aliphatic heterocycles. The van der Waals surface area contributed by atoms with Crippen molar-refractivity contribution < 1.29 is 18.3 Å². The van der Waals surface area contributed by atoms with Gasteiger partial charge < -0.3 is 9.84 Å². The summed E-state index contributed by atoms with van der Waals surface area (Å²) in [5.41, 5.74) is 2.09. The third-order valence-corrected chi connectivity index (χ3v) is 8.71. The van der Waals surface area contributed by atoms with Crippen LogP contribution in [-0.4, -0.2) is 68.2 Å². The summed E-state index contributed by atoms with van der Waals surface area (Å²) in [6, 6.07) is 14.8. The van der Waals surface area contributed by atoms with Gasteiger partial charge in [0.25, 0.3) is 0 Å². The van der Waals surface area contributed by atoms with Gasteiger partial charge in [-0.05, 0) is 61.3 Å². The smallest absolute Gasteiger partial charge is 0.243 e. The van der Waals surface area contributed by atoms with Crippen molar-refractivity contribution in [1.82, 2.24) is 9.21 Å². The molecule has 0 spiro atoms. The zero-order valence-electron chi connectivity index (χ0n) is 20.1. The van der Waals surface area contributed by atoms with Gasteiger partial charge in [0.05, 0.1) is 18.6 Å². The number of benzene rings is 2. The summed E-state index contributed by atoms with van der Waals surface area (Å²) in [5, 5.41) is 10.2. The van der Waals surface area contributed by atoms with Crippen molar-refractivity contribution >= 4 is 10.0 Å². The van der Waals surface area contributed by atoms with Gasteiger partial charge in [-0.2, -0.15) is 4.31 Å². The lowest BCUT2D eigenvalue weighted by atomic mass is 9.74. The molecule has 1 N–H and O–H groups in total. The van der Waals surface area contributed by atoms with Crippen LogP contribution in [0, 0.1) is 17.8 Å². The molecule has 2 aromatic carbocycles. The fourth-order valence-corrected chi connectivity index (χ4v) is 6.54. The van der Waals surface area contributed by atoms with Crippen molar-refractivity contribution in [2.45, 2.75) is 49.6 Å². The van der Waals surface area contributed by atoms with E-state index in [0.717, 1.165) is 30.5 Å². The highest BCUT2D eigenvalue weighted by atomic mass is 32.2. The second kappa shape index (κ2) is 10.5. The number of sulfonamides is 1. The van der Waals surface area contributed by atoms with Crippen molar-refractivity contribution in [3.05, 3.63) is 59.7 Å². The van der Waals surface area contributed by atoms with Crippen LogP contribution < -0.4 is 4.74 Å². The van der Waals surface area contributed by atoms with E-state index < -0.39 is 10.0 Å². The van der Waals surface area contributed by atoms with Crippen LogP contribution in [0.5, 0.6) is 5.75 Å². The lowest BCUT2D eigenvalue weighted by Crippen LogP contribution is -2.67. The Kier molecular flexibility index (Phi) is 7.63. The Balaban J connectivity index is 1.59. The first-order chi connectivity index (χ1) is 16.3. The van der Waals surface area contributed by atoms with Crippen LogP contribution in [-0.2, 0) is 10.0 Å². The standard InChI is InChI=1S/C27H34N2O4S/c1-20(2)6-7-21-8-10-22(11-9-21)27-25-18-28(16-4-5-17-29(25)26(27)19-30)34(31,32)24-14-12-23(33-3)13-15-24/h8-15,20,25-27,30H,4-5,16-19H2,1-3H3/t25-,26+,27-/m1/s1. The number of aliphatic hydroxyl groups excluding tert-OH is 1. The van der Waals surface area contributed by atoms with Gasteiger partial charge in [0.1, 0.15) is 5.75 Å². The number of hydrogen-bond acceptors (Lipinski definition) is 5. The van der Waals surface area contributed by atoms with E-state index in [0.29, 0.717) is 24.8 Å². The molecule has 0 saturated carbocycles. The summed E-state index contributed by atoms with van der Waals surface area (Å²) in [7, 11) is -2.07. The highest BCUT2D eigenvalue weighted by molar-refractivity contribution is 7.89. The number of rotatable bonds is 5. The molecule has 0 bridgehead atoms. The quantitative estimate of drug-likeness (QED) is 0.662. The molecular formula is C27H34N2O4S. The molecule has 6 nitrogen and oxygen atoms in total. The second-order valence-electron chi connectivity index (χ2n) is 9.37. The van der Waals surface area contributed by atoms with E-state index in [9.17, 15) is 13.5 Å². The lowest BCUT2D eigenvalue weighted by molar-refractivity contribution is -0.0553. The summed E-state index contributed by atoms with van der Waals surface area (Å²) in [5.74, 6) is 7.39. The topological polar surface area (TPSA) is 70.1 Å². The Morgan fingerprint density at radius 3 is 2.35 bits per heavy atom. The minimum Gasteiger partial charge on any atom is -0.497 e. The van der Waals surface area contributed by atoms with Gasteiger partial charge in [-0.1, -0.05) is 37.8 Å². The summed E-state index contributed by atoms with van der Waals surface area (Å²) < 4.78 is 33.8. The van der Waals surface area contributed by atoms with E-state index in [-0.39, 0.29) is 29.5 Å². The van der Waals surface area contributed by atoms with Crippen molar-refractivity contribution in [1.29, 1.82) is 0 Å². The molecule has 2 fully saturated rings. The minimum atomic E-state index is -3.63. The van der Waals surface area contributed by atoms with E-state index in [4.69, 9.17) is 4.74 Å². The molecule has 2 aliphatic rings. The Bertz CT molecular complexity index is 1130. The van der Waals surface area contributed by atoms with Gasteiger partial charge in [-0.3, -0.25) is 4.90 Å². The van der Waals surface area contributed by atoms with Crippen molar-refractivity contribution in [3.63, 3.8) is 0 Å². The molecule has 0 aromatic heterocycles. The average molecular weight is 483 g/mol. The number of fused-ring (bicyclic) bond motifs is 1. The van der Waals surface area contributed by atoms with Crippen LogP contribution in [0.15, 0.2) is 53.4 Å². The van der Waals surface area contributed by atoms with Crippen LogP contribution in [0.3, 0.4) is 0 Å². The first-order valence-electron chi connectivity index (χ1n) is 12.0. The van der Waals surface area contributed by atoms with Crippen molar-refractivity contribution in [2.24, 2.45) is 5.92 Å². The molecule has 2 heterocycles. The Hall–Kier alpha value is -2.37. The Morgan fingerprint density at radius 2 is 1.74 bits per heavy atom. The molecule has 4 rings (SSSR count). The molecule has 2 saturated heterocycles. The monoisotopic (exact) mass is 482 g/mol. The van der Waals surface area contributed by atoms with Crippen molar-refractivity contribution in [3.8, 4) is 17.6 Å². The maximum absolute atomic E-state index is 13.5. The van der Waals surface area contributed by atoms with E-state index in [1.54, 1.807) is 35.7 Å². The number of methoxy groups -OCH3 is 1. The number of aliphatic hydroxyl groups is 1. The lowest BCUT2D eigenvalue weighted by Gasteiger charge is -2.57. The molecule has 0 aliphatic carbocycles. The van der Waals surface area contributed by atoms with E-state index in [1.165, 1.54) is 0 Å². The zero-order chi connectivity index (χ0) is 24.3.